The van der Waals surface area contributed by atoms with Crippen molar-refractivity contribution >= 4 is 6.08 Å². The van der Waals surface area contributed by atoms with E-state index in [0.717, 1.165) is 17.9 Å². The summed E-state index contributed by atoms with van der Waals surface area (Å²) in [6.07, 6.45) is 4.08. The summed E-state index contributed by atoms with van der Waals surface area (Å²) in [6, 6.07) is 16.2. The Morgan fingerprint density at radius 1 is 1.05 bits per heavy atom. The first-order valence-corrected chi connectivity index (χ1v) is 6.77. The Kier molecular flexibility index (Phi) is 5.96. The fourth-order valence-corrected chi connectivity index (χ4v) is 1.87. The number of nitrogens with one attached hydrogen (secondary N) is 1. The molecule has 3 nitrogen and oxygen atoms in total. The second-order valence-electron chi connectivity index (χ2n) is 4.48. The van der Waals surface area contributed by atoms with Gasteiger partial charge in [-0.1, -0.05) is 48.6 Å². The van der Waals surface area contributed by atoms with Gasteiger partial charge in [-0.3, -0.25) is 4.98 Å². The number of hydrogen-bond donors (Lipinski definition) is 1. The van der Waals surface area contributed by atoms with Gasteiger partial charge in [0.05, 0.1) is 24.6 Å². The van der Waals surface area contributed by atoms with Crippen molar-refractivity contribution in [1.82, 2.24) is 10.3 Å². The predicted octanol–water partition coefficient (Wildman–Crippen LogP) is 3.03. The minimum Gasteiger partial charge on any atom is -0.371 e. The molecule has 2 aromatic rings. The Bertz CT molecular complexity index is 538. The monoisotopic (exact) mass is 268 g/mol. The largest absolute Gasteiger partial charge is 0.371 e. The van der Waals surface area contributed by atoms with E-state index >= 15 is 0 Å². The Morgan fingerprint density at radius 2 is 1.85 bits per heavy atom. The van der Waals surface area contributed by atoms with Gasteiger partial charge in [-0.05, 0) is 24.7 Å². The Morgan fingerprint density at radius 3 is 2.65 bits per heavy atom. The van der Waals surface area contributed by atoms with E-state index in [-0.39, 0.29) is 0 Å². The third-order valence-corrected chi connectivity index (χ3v) is 2.80. The van der Waals surface area contributed by atoms with Gasteiger partial charge in [0, 0.05) is 6.54 Å². The maximum absolute atomic E-state index is 5.60. The van der Waals surface area contributed by atoms with Crippen LogP contribution >= 0.6 is 0 Å². The highest BCUT2D eigenvalue weighted by molar-refractivity contribution is 5.48. The van der Waals surface area contributed by atoms with E-state index in [1.807, 2.05) is 49.5 Å². The number of ether oxygens (including phenoxy) is 1. The van der Waals surface area contributed by atoms with Gasteiger partial charge in [0.2, 0.25) is 0 Å². The fourth-order valence-electron chi connectivity index (χ4n) is 1.87. The molecule has 1 aromatic carbocycles. The van der Waals surface area contributed by atoms with Gasteiger partial charge in [-0.15, -0.1) is 0 Å². The van der Waals surface area contributed by atoms with Crippen LogP contribution in [0.5, 0.6) is 0 Å². The summed E-state index contributed by atoms with van der Waals surface area (Å²) in [7, 11) is 1.92. The molecule has 0 bridgehead atoms. The van der Waals surface area contributed by atoms with Gasteiger partial charge < -0.3 is 10.1 Å². The second-order valence-corrected chi connectivity index (χ2v) is 4.48. The van der Waals surface area contributed by atoms with E-state index in [2.05, 4.69) is 28.5 Å². The van der Waals surface area contributed by atoms with Gasteiger partial charge in [-0.2, -0.15) is 0 Å². The number of pyridine rings is 1. The molecule has 20 heavy (non-hydrogen) atoms. The molecule has 0 amide bonds. The first-order valence-electron chi connectivity index (χ1n) is 6.77. The minimum absolute atomic E-state index is 0.538. The van der Waals surface area contributed by atoms with Crippen LogP contribution in [0, 0.1) is 0 Å². The summed E-state index contributed by atoms with van der Waals surface area (Å²) < 4.78 is 5.60. The highest BCUT2D eigenvalue weighted by Crippen LogP contribution is 2.03. The molecule has 3 heteroatoms. The van der Waals surface area contributed by atoms with E-state index in [4.69, 9.17) is 4.74 Å². The molecule has 0 spiro atoms. The SMILES string of the molecule is CNCc1cccc(COC/C=C/c2ccccc2)n1. The van der Waals surface area contributed by atoms with Crippen LogP contribution in [-0.4, -0.2) is 18.6 Å². The number of nitrogens with zero attached hydrogens (tertiary/aromatic N) is 1. The highest BCUT2D eigenvalue weighted by Gasteiger charge is 1.96. The molecule has 0 aliphatic heterocycles. The van der Waals surface area contributed by atoms with E-state index < -0.39 is 0 Å². The first-order chi connectivity index (χ1) is 9.88. The molecule has 1 aromatic heterocycles. The van der Waals surface area contributed by atoms with Crippen molar-refractivity contribution in [2.24, 2.45) is 0 Å². The standard InChI is InChI=1S/C17H20N2O/c1-18-13-16-10-5-11-17(19-16)14-20-12-6-9-15-7-3-2-4-8-15/h2-11,18H,12-14H2,1H3/b9-6+. The summed E-state index contributed by atoms with van der Waals surface area (Å²) in [6.45, 7) is 1.91. The van der Waals surface area contributed by atoms with E-state index in [0.29, 0.717) is 13.2 Å². The van der Waals surface area contributed by atoms with Crippen LogP contribution in [0.4, 0.5) is 0 Å². The molecule has 104 valence electrons. The average molecular weight is 268 g/mol. The minimum atomic E-state index is 0.538. The third kappa shape index (κ3) is 4.96. The Hall–Kier alpha value is -1.97. The molecule has 0 aliphatic rings. The van der Waals surface area contributed by atoms with Crippen molar-refractivity contribution in [3.8, 4) is 0 Å². The van der Waals surface area contributed by atoms with Crippen LogP contribution in [0.15, 0.2) is 54.6 Å². The van der Waals surface area contributed by atoms with E-state index in [9.17, 15) is 0 Å². The molecular weight excluding hydrogens is 248 g/mol. The van der Waals surface area contributed by atoms with Crippen LogP contribution in [-0.2, 0) is 17.9 Å². The lowest BCUT2D eigenvalue weighted by atomic mass is 10.2. The molecule has 1 N–H and O–H groups in total. The van der Waals surface area contributed by atoms with Crippen molar-refractivity contribution in [3.05, 3.63) is 71.6 Å². The number of hydrogen-bond acceptors (Lipinski definition) is 3. The predicted molar refractivity (Wildman–Crippen MR) is 82.1 cm³/mol. The van der Waals surface area contributed by atoms with Gasteiger partial charge in [0.25, 0.3) is 0 Å². The van der Waals surface area contributed by atoms with Gasteiger partial charge >= 0.3 is 0 Å². The van der Waals surface area contributed by atoms with Gasteiger partial charge in [0.15, 0.2) is 0 Å². The fraction of sp³-hybridized carbons (Fsp3) is 0.235. The summed E-state index contributed by atoms with van der Waals surface area (Å²) in [5.74, 6) is 0. The molecule has 0 saturated carbocycles. The Balaban J connectivity index is 1.76. The van der Waals surface area contributed by atoms with Crippen molar-refractivity contribution < 1.29 is 4.74 Å². The maximum atomic E-state index is 5.60. The molecule has 0 fully saturated rings. The van der Waals surface area contributed by atoms with E-state index in [1.54, 1.807) is 0 Å². The number of rotatable bonds is 7. The van der Waals surface area contributed by atoms with Crippen LogP contribution in [0.3, 0.4) is 0 Å². The normalized spacial score (nSPS) is 11.1. The molecule has 0 aliphatic carbocycles. The third-order valence-electron chi connectivity index (χ3n) is 2.80. The number of aromatic nitrogens is 1. The zero-order valence-corrected chi connectivity index (χ0v) is 11.8. The maximum Gasteiger partial charge on any atom is 0.0892 e. The molecule has 0 saturated heterocycles. The first kappa shape index (κ1) is 14.4. The summed E-state index contributed by atoms with van der Waals surface area (Å²) in [5.41, 5.74) is 3.18. The number of benzene rings is 1. The second kappa shape index (κ2) is 8.25. The Labute approximate surface area is 120 Å². The van der Waals surface area contributed by atoms with Gasteiger partial charge in [-0.25, -0.2) is 0 Å². The lowest BCUT2D eigenvalue weighted by Gasteiger charge is -2.04. The quantitative estimate of drug-likeness (QED) is 0.784. The average Bonchev–Trinajstić information content (AvgIpc) is 2.49. The van der Waals surface area contributed by atoms with Crippen molar-refractivity contribution in [3.63, 3.8) is 0 Å². The van der Waals surface area contributed by atoms with Crippen LogP contribution in [0.25, 0.3) is 6.08 Å². The van der Waals surface area contributed by atoms with Crippen molar-refractivity contribution in [2.45, 2.75) is 13.2 Å². The lowest BCUT2D eigenvalue weighted by Crippen LogP contribution is -2.08. The molecule has 2 rings (SSSR count). The molecular formula is C17H20N2O. The molecule has 0 unspecified atom stereocenters. The van der Waals surface area contributed by atoms with Gasteiger partial charge in [0.1, 0.15) is 0 Å². The summed E-state index contributed by atoms with van der Waals surface area (Å²) in [4.78, 5) is 4.51. The summed E-state index contributed by atoms with van der Waals surface area (Å²) in [5, 5.41) is 3.09. The molecule has 1 heterocycles. The molecule has 0 radical (unpaired) electrons. The van der Waals surface area contributed by atoms with Crippen LogP contribution in [0.2, 0.25) is 0 Å². The topological polar surface area (TPSA) is 34.1 Å². The van der Waals surface area contributed by atoms with Crippen LogP contribution in [0.1, 0.15) is 17.0 Å². The zero-order chi connectivity index (χ0) is 14.0. The van der Waals surface area contributed by atoms with Crippen molar-refractivity contribution in [1.29, 1.82) is 0 Å². The summed E-state index contributed by atoms with van der Waals surface area (Å²) >= 11 is 0. The van der Waals surface area contributed by atoms with Crippen molar-refractivity contribution in [2.75, 3.05) is 13.7 Å². The van der Waals surface area contributed by atoms with Crippen LogP contribution < -0.4 is 5.32 Å². The highest BCUT2D eigenvalue weighted by atomic mass is 16.5. The van der Waals surface area contributed by atoms with E-state index in [1.165, 1.54) is 5.56 Å². The zero-order valence-electron chi connectivity index (χ0n) is 11.8. The lowest BCUT2D eigenvalue weighted by molar-refractivity contribution is 0.146. The smallest absolute Gasteiger partial charge is 0.0892 e. The molecule has 0 atom stereocenters.